The summed E-state index contributed by atoms with van der Waals surface area (Å²) >= 11 is 0. The van der Waals surface area contributed by atoms with Gasteiger partial charge in [-0.25, -0.2) is 0 Å². The van der Waals surface area contributed by atoms with E-state index in [0.29, 0.717) is 48.0 Å². The molecule has 1 aromatic heterocycles. The number of rotatable bonds is 14. The maximum atomic E-state index is 13.6. The Bertz CT molecular complexity index is 1640. The quantitative estimate of drug-likeness (QED) is 0.198. The third kappa shape index (κ3) is 8.95. The van der Waals surface area contributed by atoms with E-state index in [-0.39, 0.29) is 5.91 Å². The van der Waals surface area contributed by atoms with E-state index < -0.39 is 0 Å². The van der Waals surface area contributed by atoms with Gasteiger partial charge in [-0.15, -0.1) is 0 Å². The van der Waals surface area contributed by atoms with Crippen LogP contribution < -0.4 is 15.0 Å². The highest BCUT2D eigenvalue weighted by Crippen LogP contribution is 2.42. The molecule has 0 aliphatic carbocycles. The lowest BCUT2D eigenvalue weighted by atomic mass is 9.71. The minimum Gasteiger partial charge on any atom is -0.495 e. The third-order valence-corrected chi connectivity index (χ3v) is 12.0. The standard InChI is InChI=1S/C41H59N7O3/c1-31(2)33-7-8-35-29-48(43-37(35)27-33)36-12-21-45(22-13-36)18-6-19-46-23-14-41(15-24-46)16-25-47(26-17-41)40(50)34-9-10-39(51-5)38(28-34)44(4)20-11-32(3)42-30-49/h7-10,27-31,36H,3,6,11-26H2,1-2,4-5H3,(H,42,49). The van der Waals surface area contributed by atoms with Gasteiger partial charge in [0.25, 0.3) is 5.91 Å². The van der Waals surface area contributed by atoms with Gasteiger partial charge < -0.3 is 29.7 Å². The summed E-state index contributed by atoms with van der Waals surface area (Å²) in [5, 5.41) is 8.84. The molecule has 51 heavy (non-hydrogen) atoms. The Labute approximate surface area is 304 Å². The summed E-state index contributed by atoms with van der Waals surface area (Å²) in [7, 11) is 3.61. The number of carbonyl (C=O) groups is 2. The van der Waals surface area contributed by atoms with Crippen molar-refractivity contribution in [3.05, 3.63) is 66.0 Å². The molecular formula is C41H59N7O3. The molecule has 3 aliphatic rings. The lowest BCUT2D eigenvalue weighted by molar-refractivity contribution is -0.108. The summed E-state index contributed by atoms with van der Waals surface area (Å²) in [6.07, 6.45) is 11.7. The normalized spacial score (nSPS) is 18.7. The lowest BCUT2D eigenvalue weighted by Gasteiger charge is -2.47. The van der Waals surface area contributed by atoms with Crippen molar-refractivity contribution in [3.8, 4) is 5.75 Å². The predicted molar refractivity (Wildman–Crippen MR) is 206 cm³/mol. The van der Waals surface area contributed by atoms with Crippen LogP contribution in [-0.4, -0.2) is 110 Å². The summed E-state index contributed by atoms with van der Waals surface area (Å²) in [6, 6.07) is 12.9. The number of anilines is 1. The van der Waals surface area contributed by atoms with Crippen molar-refractivity contribution in [2.75, 3.05) is 78.0 Å². The van der Waals surface area contributed by atoms with Crippen LogP contribution in [0.1, 0.15) is 93.1 Å². The van der Waals surface area contributed by atoms with Crippen molar-refractivity contribution in [2.45, 2.75) is 77.2 Å². The summed E-state index contributed by atoms with van der Waals surface area (Å²) < 4.78 is 7.84. The molecule has 0 unspecified atom stereocenters. The fourth-order valence-corrected chi connectivity index (χ4v) is 8.34. The molecule has 0 atom stereocenters. The molecule has 1 spiro atoms. The molecule has 10 heteroatoms. The fraction of sp³-hybridized carbons (Fsp3) is 0.585. The van der Waals surface area contributed by atoms with Crippen molar-refractivity contribution in [2.24, 2.45) is 5.41 Å². The van der Waals surface area contributed by atoms with E-state index in [2.05, 4.69) is 64.6 Å². The highest BCUT2D eigenvalue weighted by atomic mass is 16.5. The number of piperidine rings is 3. The monoisotopic (exact) mass is 697 g/mol. The van der Waals surface area contributed by atoms with Gasteiger partial charge in [-0.2, -0.15) is 5.10 Å². The van der Waals surface area contributed by atoms with E-state index >= 15 is 0 Å². The van der Waals surface area contributed by atoms with E-state index in [1.807, 2.05) is 35.0 Å². The molecule has 2 aromatic carbocycles. The van der Waals surface area contributed by atoms with Crippen molar-refractivity contribution in [1.29, 1.82) is 0 Å². The minimum absolute atomic E-state index is 0.0916. The number of likely N-dealkylation sites (tertiary alicyclic amines) is 3. The number of hydrogen-bond donors (Lipinski definition) is 1. The molecule has 3 saturated heterocycles. The van der Waals surface area contributed by atoms with E-state index in [9.17, 15) is 9.59 Å². The lowest BCUT2D eigenvalue weighted by Crippen LogP contribution is -2.48. The second-order valence-corrected chi connectivity index (χ2v) is 15.6. The highest BCUT2D eigenvalue weighted by molar-refractivity contribution is 5.95. The van der Waals surface area contributed by atoms with Crippen LogP contribution in [0.25, 0.3) is 10.9 Å². The second kappa shape index (κ2) is 16.6. The van der Waals surface area contributed by atoms with Crippen molar-refractivity contribution in [3.63, 3.8) is 0 Å². The van der Waals surface area contributed by atoms with E-state index in [0.717, 1.165) is 56.0 Å². The predicted octanol–water partition coefficient (Wildman–Crippen LogP) is 6.30. The number of aromatic nitrogens is 2. The number of amides is 2. The average molecular weight is 698 g/mol. The Kier molecular flexibility index (Phi) is 12.0. The molecule has 0 bridgehead atoms. The summed E-state index contributed by atoms with van der Waals surface area (Å²) in [4.78, 5) is 33.8. The van der Waals surface area contributed by atoms with Crippen LogP contribution in [0.2, 0.25) is 0 Å². The highest BCUT2D eigenvalue weighted by Gasteiger charge is 2.38. The summed E-state index contributed by atoms with van der Waals surface area (Å²) in [6.45, 7) is 17.6. The topological polar surface area (TPSA) is 86.2 Å². The van der Waals surface area contributed by atoms with Crippen LogP contribution >= 0.6 is 0 Å². The van der Waals surface area contributed by atoms with Gasteiger partial charge in [-0.05, 0) is 112 Å². The van der Waals surface area contributed by atoms with Gasteiger partial charge in [0.1, 0.15) is 5.75 Å². The molecular weight excluding hydrogens is 638 g/mol. The second-order valence-electron chi connectivity index (χ2n) is 15.6. The molecule has 4 heterocycles. The maximum Gasteiger partial charge on any atom is 0.253 e. The number of methoxy groups -OCH3 is 1. The first-order valence-electron chi connectivity index (χ1n) is 19.2. The molecule has 0 radical (unpaired) electrons. The van der Waals surface area contributed by atoms with Gasteiger partial charge in [-0.1, -0.05) is 32.6 Å². The van der Waals surface area contributed by atoms with Gasteiger partial charge >= 0.3 is 0 Å². The van der Waals surface area contributed by atoms with Crippen LogP contribution in [0, 0.1) is 5.41 Å². The number of fused-ring (bicyclic) bond motifs is 1. The van der Waals surface area contributed by atoms with Crippen molar-refractivity contribution in [1.82, 2.24) is 29.8 Å². The molecule has 276 valence electrons. The molecule has 1 N–H and O–H groups in total. The van der Waals surface area contributed by atoms with Gasteiger partial charge in [0.05, 0.1) is 24.4 Å². The number of hydrogen-bond acceptors (Lipinski definition) is 7. The molecule has 2 amide bonds. The number of carbonyl (C=O) groups excluding carboxylic acids is 2. The Balaban J connectivity index is 0.905. The van der Waals surface area contributed by atoms with Crippen LogP contribution in [0.4, 0.5) is 5.69 Å². The number of nitrogens with zero attached hydrogens (tertiary/aromatic N) is 6. The van der Waals surface area contributed by atoms with Crippen LogP contribution in [0.5, 0.6) is 5.75 Å². The number of benzene rings is 2. The van der Waals surface area contributed by atoms with E-state index in [1.165, 1.54) is 69.2 Å². The largest absolute Gasteiger partial charge is 0.495 e. The number of nitrogens with one attached hydrogen (secondary N) is 1. The van der Waals surface area contributed by atoms with Crippen molar-refractivity contribution < 1.29 is 14.3 Å². The van der Waals surface area contributed by atoms with Gasteiger partial charge in [0, 0.05) is 69.0 Å². The fourth-order valence-electron chi connectivity index (χ4n) is 8.34. The molecule has 10 nitrogen and oxygen atoms in total. The minimum atomic E-state index is 0.0916. The molecule has 3 aromatic rings. The Morgan fingerprint density at radius 1 is 1.02 bits per heavy atom. The van der Waals surface area contributed by atoms with E-state index in [4.69, 9.17) is 9.84 Å². The first-order valence-corrected chi connectivity index (χ1v) is 19.2. The first kappa shape index (κ1) is 36.9. The number of ether oxygens (including phenoxy) is 1. The Hall–Kier alpha value is -3.89. The first-order chi connectivity index (χ1) is 24.7. The van der Waals surface area contributed by atoms with Crippen LogP contribution in [0.15, 0.2) is 54.9 Å². The Morgan fingerprint density at radius 3 is 2.37 bits per heavy atom. The van der Waals surface area contributed by atoms with Crippen LogP contribution in [0.3, 0.4) is 0 Å². The van der Waals surface area contributed by atoms with Crippen LogP contribution in [-0.2, 0) is 4.79 Å². The zero-order chi connectivity index (χ0) is 36.0. The zero-order valence-electron chi connectivity index (χ0n) is 31.4. The zero-order valence-corrected chi connectivity index (χ0v) is 31.4. The maximum absolute atomic E-state index is 13.6. The summed E-state index contributed by atoms with van der Waals surface area (Å²) in [5.41, 5.74) is 5.06. The average Bonchev–Trinajstić information content (AvgIpc) is 3.59. The molecule has 0 saturated carbocycles. The molecule has 6 rings (SSSR count). The SMILES string of the molecule is C=C(CCN(C)c1cc(C(=O)N2CCC3(CCN(CCCN4CCC(n5cc6ccc(C(C)C)cc6n5)CC4)CC3)CC2)ccc1OC)NC=O. The Morgan fingerprint density at radius 2 is 1.71 bits per heavy atom. The molecule has 3 aliphatic heterocycles. The van der Waals surface area contributed by atoms with E-state index in [1.54, 1.807) is 7.11 Å². The third-order valence-electron chi connectivity index (χ3n) is 12.0. The smallest absolute Gasteiger partial charge is 0.253 e. The van der Waals surface area contributed by atoms with Gasteiger partial charge in [-0.3, -0.25) is 14.3 Å². The van der Waals surface area contributed by atoms with Gasteiger partial charge in [0.2, 0.25) is 6.41 Å². The molecule has 3 fully saturated rings. The summed E-state index contributed by atoms with van der Waals surface area (Å²) in [5.74, 6) is 1.34. The van der Waals surface area contributed by atoms with Crippen molar-refractivity contribution >= 4 is 28.9 Å². The van der Waals surface area contributed by atoms with Gasteiger partial charge in [0.15, 0.2) is 0 Å².